The van der Waals surface area contributed by atoms with Crippen LogP contribution in [0.2, 0.25) is 0 Å². The van der Waals surface area contributed by atoms with Crippen molar-refractivity contribution in [2.75, 3.05) is 13.1 Å². The lowest BCUT2D eigenvalue weighted by molar-refractivity contribution is -0.144. The molecule has 1 saturated heterocycles. The monoisotopic (exact) mass is 201 g/mol. The van der Waals surface area contributed by atoms with Gasteiger partial charge in [-0.05, 0) is 12.5 Å². The second-order valence-corrected chi connectivity index (χ2v) is 3.75. The summed E-state index contributed by atoms with van der Waals surface area (Å²) >= 11 is 0. The molecular weight excluding hydrogens is 186 g/mol. The third kappa shape index (κ3) is 2.09. The topological polar surface area (TPSA) is 20.3 Å². The first-order valence-corrected chi connectivity index (χ1v) is 5.33. The Hall–Kier alpha value is -1.57. The normalized spacial score (nSPS) is 20.7. The molecule has 1 aromatic carbocycles. The lowest BCUT2D eigenvalue weighted by Gasteiger charge is -2.36. The van der Waals surface area contributed by atoms with Gasteiger partial charge in [-0.3, -0.25) is 4.79 Å². The van der Waals surface area contributed by atoms with E-state index in [4.69, 9.17) is 0 Å². The van der Waals surface area contributed by atoms with Gasteiger partial charge in [-0.1, -0.05) is 42.5 Å². The van der Waals surface area contributed by atoms with E-state index in [0.717, 1.165) is 18.7 Å². The quantitative estimate of drug-likeness (QED) is 0.686. The number of β-lactam (4-membered cyclic amide) rings is 1. The Kier molecular flexibility index (Phi) is 2.86. The second-order valence-electron chi connectivity index (χ2n) is 3.75. The van der Waals surface area contributed by atoms with E-state index in [1.54, 1.807) is 0 Å². The number of hydrogen-bond donors (Lipinski definition) is 0. The Bertz CT molecular complexity index is 369. The smallest absolute Gasteiger partial charge is 0.231 e. The first kappa shape index (κ1) is 9.97. The summed E-state index contributed by atoms with van der Waals surface area (Å²) in [5.41, 5.74) is 1.15. The van der Waals surface area contributed by atoms with Gasteiger partial charge in [0.2, 0.25) is 5.91 Å². The number of likely N-dealkylation sites (tertiary alicyclic amines) is 1. The number of benzene rings is 1. The third-order valence-electron chi connectivity index (χ3n) is 2.75. The van der Waals surface area contributed by atoms with E-state index < -0.39 is 0 Å². The van der Waals surface area contributed by atoms with Crippen LogP contribution in [-0.2, 0) is 4.79 Å². The molecule has 2 nitrogen and oxygen atoms in total. The predicted molar refractivity (Wildman–Crippen MR) is 61.2 cm³/mol. The lowest BCUT2D eigenvalue weighted by Crippen LogP contribution is -2.51. The van der Waals surface area contributed by atoms with Crippen molar-refractivity contribution in [1.82, 2.24) is 4.90 Å². The van der Waals surface area contributed by atoms with E-state index in [1.165, 1.54) is 0 Å². The summed E-state index contributed by atoms with van der Waals surface area (Å²) in [7, 11) is 0. The SMILES string of the molecule is CCN1CC(/C=C/c2ccccc2)C1=O. The molecule has 1 aromatic rings. The van der Waals surface area contributed by atoms with Crippen molar-refractivity contribution in [3.63, 3.8) is 0 Å². The van der Waals surface area contributed by atoms with Crippen LogP contribution in [0.3, 0.4) is 0 Å². The standard InChI is InChI=1S/C13H15NO/c1-2-14-10-12(13(14)15)9-8-11-6-4-3-5-7-11/h3-9,12H,2,10H2,1H3/b9-8+. The first-order chi connectivity index (χ1) is 7.31. The molecule has 0 aromatic heterocycles. The highest BCUT2D eigenvalue weighted by Gasteiger charge is 2.32. The molecule has 2 heteroatoms. The molecule has 1 amide bonds. The van der Waals surface area contributed by atoms with Gasteiger partial charge < -0.3 is 4.90 Å². The summed E-state index contributed by atoms with van der Waals surface area (Å²) in [6.07, 6.45) is 4.03. The average molecular weight is 201 g/mol. The molecule has 1 aliphatic heterocycles. The zero-order valence-electron chi connectivity index (χ0n) is 8.89. The van der Waals surface area contributed by atoms with Gasteiger partial charge in [-0.2, -0.15) is 0 Å². The fraction of sp³-hybridized carbons (Fsp3) is 0.308. The molecule has 1 unspecified atom stereocenters. The Morgan fingerprint density at radius 3 is 2.73 bits per heavy atom. The van der Waals surface area contributed by atoms with E-state index in [2.05, 4.69) is 0 Å². The molecule has 0 aliphatic carbocycles. The number of nitrogens with zero attached hydrogens (tertiary/aromatic N) is 1. The van der Waals surface area contributed by atoms with Gasteiger partial charge in [-0.15, -0.1) is 0 Å². The molecule has 0 bridgehead atoms. The van der Waals surface area contributed by atoms with Crippen molar-refractivity contribution in [3.8, 4) is 0 Å². The number of amides is 1. The Morgan fingerprint density at radius 2 is 2.13 bits per heavy atom. The van der Waals surface area contributed by atoms with Crippen molar-refractivity contribution in [3.05, 3.63) is 42.0 Å². The molecule has 0 N–H and O–H groups in total. The second kappa shape index (κ2) is 4.30. The van der Waals surface area contributed by atoms with Crippen LogP contribution in [0.4, 0.5) is 0 Å². The Balaban J connectivity index is 1.94. The molecule has 0 radical (unpaired) electrons. The molecule has 2 rings (SSSR count). The number of hydrogen-bond acceptors (Lipinski definition) is 1. The Labute approximate surface area is 90.2 Å². The van der Waals surface area contributed by atoms with Crippen LogP contribution in [0.5, 0.6) is 0 Å². The third-order valence-corrected chi connectivity index (χ3v) is 2.75. The van der Waals surface area contributed by atoms with Crippen LogP contribution in [0.25, 0.3) is 6.08 Å². The Morgan fingerprint density at radius 1 is 1.40 bits per heavy atom. The molecule has 1 heterocycles. The van der Waals surface area contributed by atoms with E-state index in [9.17, 15) is 4.79 Å². The summed E-state index contributed by atoms with van der Waals surface area (Å²) in [6.45, 7) is 3.71. The minimum Gasteiger partial charge on any atom is -0.341 e. The largest absolute Gasteiger partial charge is 0.341 e. The van der Waals surface area contributed by atoms with Gasteiger partial charge >= 0.3 is 0 Å². The molecule has 1 aliphatic rings. The molecule has 15 heavy (non-hydrogen) atoms. The summed E-state index contributed by atoms with van der Waals surface area (Å²) in [4.78, 5) is 13.3. The van der Waals surface area contributed by atoms with Crippen LogP contribution in [0, 0.1) is 5.92 Å². The molecule has 1 atom stereocenters. The van der Waals surface area contributed by atoms with Crippen molar-refractivity contribution in [2.45, 2.75) is 6.92 Å². The van der Waals surface area contributed by atoms with Crippen LogP contribution >= 0.6 is 0 Å². The van der Waals surface area contributed by atoms with Crippen molar-refractivity contribution < 1.29 is 4.79 Å². The first-order valence-electron chi connectivity index (χ1n) is 5.33. The number of carbonyl (C=O) groups excluding carboxylic acids is 1. The van der Waals surface area contributed by atoms with Gasteiger partial charge in [0.15, 0.2) is 0 Å². The fourth-order valence-corrected chi connectivity index (χ4v) is 1.75. The minimum absolute atomic E-state index is 0.102. The number of rotatable bonds is 3. The van der Waals surface area contributed by atoms with Gasteiger partial charge in [-0.25, -0.2) is 0 Å². The molecule has 0 saturated carbocycles. The highest BCUT2D eigenvalue weighted by Crippen LogP contribution is 2.19. The molecule has 1 fully saturated rings. The van der Waals surface area contributed by atoms with E-state index >= 15 is 0 Å². The van der Waals surface area contributed by atoms with Crippen molar-refractivity contribution in [1.29, 1.82) is 0 Å². The fourth-order valence-electron chi connectivity index (χ4n) is 1.75. The van der Waals surface area contributed by atoms with E-state index in [0.29, 0.717) is 0 Å². The maximum Gasteiger partial charge on any atom is 0.231 e. The zero-order chi connectivity index (χ0) is 10.7. The average Bonchev–Trinajstić information content (AvgIpc) is 2.29. The highest BCUT2D eigenvalue weighted by molar-refractivity contribution is 5.87. The summed E-state index contributed by atoms with van der Waals surface area (Å²) in [5.74, 6) is 0.356. The number of carbonyl (C=O) groups is 1. The zero-order valence-corrected chi connectivity index (χ0v) is 8.89. The van der Waals surface area contributed by atoms with Gasteiger partial charge in [0.1, 0.15) is 0 Å². The van der Waals surface area contributed by atoms with Crippen LogP contribution < -0.4 is 0 Å². The minimum atomic E-state index is 0.102. The maximum atomic E-state index is 11.5. The maximum absolute atomic E-state index is 11.5. The van der Waals surface area contributed by atoms with Crippen molar-refractivity contribution >= 4 is 12.0 Å². The van der Waals surface area contributed by atoms with Crippen LogP contribution in [0.15, 0.2) is 36.4 Å². The predicted octanol–water partition coefficient (Wildman–Crippen LogP) is 2.18. The van der Waals surface area contributed by atoms with E-state index in [1.807, 2.05) is 54.3 Å². The molecule has 78 valence electrons. The van der Waals surface area contributed by atoms with Gasteiger partial charge in [0.25, 0.3) is 0 Å². The molecule has 0 spiro atoms. The van der Waals surface area contributed by atoms with Crippen molar-refractivity contribution in [2.24, 2.45) is 5.92 Å². The van der Waals surface area contributed by atoms with Crippen LogP contribution in [-0.4, -0.2) is 23.9 Å². The van der Waals surface area contributed by atoms with E-state index in [-0.39, 0.29) is 11.8 Å². The van der Waals surface area contributed by atoms with Gasteiger partial charge in [0.05, 0.1) is 5.92 Å². The van der Waals surface area contributed by atoms with Crippen LogP contribution in [0.1, 0.15) is 12.5 Å². The summed E-state index contributed by atoms with van der Waals surface area (Å²) in [5, 5.41) is 0. The summed E-state index contributed by atoms with van der Waals surface area (Å²) in [6, 6.07) is 10.1. The summed E-state index contributed by atoms with van der Waals surface area (Å²) < 4.78 is 0. The van der Waals surface area contributed by atoms with Gasteiger partial charge in [0, 0.05) is 13.1 Å². The lowest BCUT2D eigenvalue weighted by atomic mass is 9.97. The molecular formula is C13H15NO. The highest BCUT2D eigenvalue weighted by atomic mass is 16.2.